The van der Waals surface area contributed by atoms with Gasteiger partial charge in [-0.2, -0.15) is 0 Å². The maximum atomic E-state index is 13.1. The van der Waals surface area contributed by atoms with Crippen LogP contribution in [0.5, 0.6) is 0 Å². The molecule has 1 atom stereocenters. The first kappa shape index (κ1) is 20.3. The van der Waals surface area contributed by atoms with Crippen molar-refractivity contribution in [2.45, 2.75) is 32.5 Å². The van der Waals surface area contributed by atoms with Crippen LogP contribution in [0, 0.1) is 0 Å². The Hall–Kier alpha value is -3.40. The van der Waals surface area contributed by atoms with Crippen LogP contribution in [-0.2, 0) is 17.9 Å². The van der Waals surface area contributed by atoms with Gasteiger partial charge in [0.1, 0.15) is 0 Å². The Labute approximate surface area is 172 Å². The van der Waals surface area contributed by atoms with Crippen molar-refractivity contribution in [2.75, 3.05) is 0 Å². The summed E-state index contributed by atoms with van der Waals surface area (Å²) in [6.45, 7) is 2.93. The van der Waals surface area contributed by atoms with E-state index in [1.165, 1.54) is 0 Å². The Kier molecular flexibility index (Phi) is 7.17. The fraction of sp³-hybridized carbons (Fsp3) is 0.200. The molecule has 0 aliphatic carbocycles. The van der Waals surface area contributed by atoms with E-state index in [1.54, 1.807) is 12.1 Å². The number of nitrogens with zero attached hydrogens (tertiary/aromatic N) is 1. The van der Waals surface area contributed by atoms with Crippen LogP contribution in [0.4, 0.5) is 0 Å². The second kappa shape index (κ2) is 10.2. The third-order valence-corrected chi connectivity index (χ3v) is 4.68. The van der Waals surface area contributed by atoms with Gasteiger partial charge >= 0.3 is 0 Å². The number of benzene rings is 3. The molecule has 0 bridgehead atoms. The van der Waals surface area contributed by atoms with Crippen molar-refractivity contribution in [1.29, 1.82) is 0 Å². The van der Waals surface area contributed by atoms with E-state index >= 15 is 0 Å². The Balaban J connectivity index is 1.65. The van der Waals surface area contributed by atoms with Crippen molar-refractivity contribution < 1.29 is 9.59 Å². The summed E-state index contributed by atoms with van der Waals surface area (Å²) < 4.78 is 0. The first-order chi connectivity index (χ1) is 14.1. The van der Waals surface area contributed by atoms with Crippen molar-refractivity contribution in [2.24, 2.45) is 0 Å². The smallest absolute Gasteiger partial charge is 0.251 e. The molecule has 29 heavy (non-hydrogen) atoms. The van der Waals surface area contributed by atoms with Gasteiger partial charge in [0.2, 0.25) is 5.91 Å². The zero-order valence-electron chi connectivity index (χ0n) is 16.6. The van der Waals surface area contributed by atoms with E-state index in [9.17, 15) is 9.59 Å². The number of hydrogen-bond donors (Lipinski definition) is 1. The van der Waals surface area contributed by atoms with Crippen LogP contribution in [-0.4, -0.2) is 22.8 Å². The van der Waals surface area contributed by atoms with Crippen LogP contribution >= 0.6 is 0 Å². The molecule has 0 aromatic heterocycles. The van der Waals surface area contributed by atoms with Crippen LogP contribution in [0.2, 0.25) is 0 Å². The zero-order chi connectivity index (χ0) is 20.5. The molecule has 0 aliphatic heterocycles. The number of carbonyl (C=O) groups is 2. The highest BCUT2D eigenvalue weighted by molar-refractivity contribution is 5.94. The molecule has 0 saturated heterocycles. The highest BCUT2D eigenvalue weighted by atomic mass is 16.2. The van der Waals surface area contributed by atoms with Crippen LogP contribution in [0.3, 0.4) is 0 Å². The van der Waals surface area contributed by atoms with Gasteiger partial charge in [-0.1, -0.05) is 78.9 Å². The molecule has 0 spiro atoms. The van der Waals surface area contributed by atoms with Crippen LogP contribution in [0.1, 0.15) is 34.8 Å². The van der Waals surface area contributed by atoms with E-state index in [0.29, 0.717) is 18.7 Å². The third kappa shape index (κ3) is 6.32. The van der Waals surface area contributed by atoms with Crippen molar-refractivity contribution in [3.8, 4) is 0 Å². The number of rotatable bonds is 8. The van der Waals surface area contributed by atoms with Crippen LogP contribution in [0.25, 0.3) is 0 Å². The van der Waals surface area contributed by atoms with E-state index in [1.807, 2.05) is 90.7 Å². The molecule has 4 nitrogen and oxygen atoms in total. The lowest BCUT2D eigenvalue weighted by Crippen LogP contribution is -2.39. The standard InChI is InChI=1S/C25H26N2O2/c1-20(26-25(29)23-15-9-4-10-16-23)17-24(28)27(18-21-11-5-2-6-12-21)19-22-13-7-3-8-14-22/h2-16,20H,17-19H2,1H3,(H,26,29). The van der Waals surface area contributed by atoms with Crippen LogP contribution in [0.15, 0.2) is 91.0 Å². The Bertz CT molecular complexity index is 870. The Morgan fingerprint density at radius 2 is 1.21 bits per heavy atom. The van der Waals surface area contributed by atoms with E-state index < -0.39 is 0 Å². The lowest BCUT2D eigenvalue weighted by molar-refractivity contribution is -0.132. The van der Waals surface area contributed by atoms with Gasteiger partial charge in [-0.05, 0) is 30.2 Å². The highest BCUT2D eigenvalue weighted by Gasteiger charge is 2.19. The lowest BCUT2D eigenvalue weighted by Gasteiger charge is -2.25. The molecule has 0 saturated carbocycles. The van der Waals surface area contributed by atoms with Crippen molar-refractivity contribution >= 4 is 11.8 Å². The number of amides is 2. The third-order valence-electron chi connectivity index (χ3n) is 4.68. The first-order valence-corrected chi connectivity index (χ1v) is 9.83. The molecule has 0 fully saturated rings. The number of hydrogen-bond acceptors (Lipinski definition) is 2. The van der Waals surface area contributed by atoms with Gasteiger partial charge in [0.25, 0.3) is 5.91 Å². The van der Waals surface area contributed by atoms with Crippen molar-refractivity contribution in [3.05, 3.63) is 108 Å². The summed E-state index contributed by atoms with van der Waals surface area (Å²) in [6.07, 6.45) is 0.248. The number of nitrogens with one attached hydrogen (secondary N) is 1. The number of carbonyl (C=O) groups excluding carboxylic acids is 2. The minimum absolute atomic E-state index is 0.0126. The first-order valence-electron chi connectivity index (χ1n) is 9.83. The van der Waals surface area contributed by atoms with E-state index in [4.69, 9.17) is 0 Å². The zero-order valence-corrected chi connectivity index (χ0v) is 16.6. The molecule has 3 rings (SSSR count). The highest BCUT2D eigenvalue weighted by Crippen LogP contribution is 2.13. The molecular weight excluding hydrogens is 360 g/mol. The molecule has 148 valence electrons. The SMILES string of the molecule is CC(CC(=O)N(Cc1ccccc1)Cc1ccccc1)NC(=O)c1ccccc1. The second-order valence-corrected chi connectivity index (χ2v) is 7.17. The molecule has 1 unspecified atom stereocenters. The van der Waals surface area contributed by atoms with Gasteiger partial charge in [-0.25, -0.2) is 0 Å². The van der Waals surface area contributed by atoms with Gasteiger partial charge in [-0.3, -0.25) is 9.59 Å². The summed E-state index contributed by atoms with van der Waals surface area (Å²) in [5.74, 6) is -0.151. The second-order valence-electron chi connectivity index (χ2n) is 7.17. The van der Waals surface area contributed by atoms with E-state index in [2.05, 4.69) is 5.32 Å². The molecule has 2 amide bonds. The summed E-state index contributed by atoms with van der Waals surface area (Å²) in [4.78, 5) is 27.3. The quantitative estimate of drug-likeness (QED) is 0.623. The predicted molar refractivity (Wildman–Crippen MR) is 115 cm³/mol. The fourth-order valence-corrected chi connectivity index (χ4v) is 3.18. The Morgan fingerprint density at radius 3 is 1.69 bits per heavy atom. The van der Waals surface area contributed by atoms with E-state index in [-0.39, 0.29) is 24.3 Å². The lowest BCUT2D eigenvalue weighted by atomic mass is 10.1. The monoisotopic (exact) mass is 386 g/mol. The molecule has 0 radical (unpaired) electrons. The summed E-state index contributed by atoms with van der Waals surface area (Å²) in [5.41, 5.74) is 2.76. The average molecular weight is 386 g/mol. The summed E-state index contributed by atoms with van der Waals surface area (Å²) in [7, 11) is 0. The van der Waals surface area contributed by atoms with Crippen LogP contribution < -0.4 is 5.32 Å². The normalized spacial score (nSPS) is 11.5. The van der Waals surface area contributed by atoms with Gasteiger partial charge in [0.15, 0.2) is 0 Å². The molecule has 3 aromatic carbocycles. The predicted octanol–water partition coefficient (Wildman–Crippen LogP) is 4.42. The maximum absolute atomic E-state index is 13.1. The summed E-state index contributed by atoms with van der Waals surface area (Å²) in [5, 5.41) is 2.92. The minimum atomic E-state index is -0.260. The molecule has 3 aromatic rings. The maximum Gasteiger partial charge on any atom is 0.251 e. The Morgan fingerprint density at radius 1 is 0.759 bits per heavy atom. The van der Waals surface area contributed by atoms with Gasteiger partial charge in [0.05, 0.1) is 0 Å². The van der Waals surface area contributed by atoms with Gasteiger partial charge in [-0.15, -0.1) is 0 Å². The fourth-order valence-electron chi connectivity index (χ4n) is 3.18. The minimum Gasteiger partial charge on any atom is -0.349 e. The molecular formula is C25H26N2O2. The van der Waals surface area contributed by atoms with Crippen molar-refractivity contribution in [3.63, 3.8) is 0 Å². The van der Waals surface area contributed by atoms with Gasteiger partial charge < -0.3 is 10.2 Å². The topological polar surface area (TPSA) is 49.4 Å². The summed E-state index contributed by atoms with van der Waals surface area (Å²) >= 11 is 0. The van der Waals surface area contributed by atoms with Crippen molar-refractivity contribution in [1.82, 2.24) is 10.2 Å². The van der Waals surface area contributed by atoms with E-state index in [0.717, 1.165) is 11.1 Å². The summed E-state index contributed by atoms with van der Waals surface area (Å²) in [6, 6.07) is 28.7. The molecule has 0 heterocycles. The largest absolute Gasteiger partial charge is 0.349 e. The average Bonchev–Trinajstić information content (AvgIpc) is 2.75. The molecule has 4 heteroatoms. The molecule has 1 N–H and O–H groups in total. The molecule has 0 aliphatic rings. The van der Waals surface area contributed by atoms with Gasteiger partial charge in [0, 0.05) is 31.1 Å².